The van der Waals surface area contributed by atoms with Crippen molar-refractivity contribution in [1.29, 1.82) is 0 Å². The Morgan fingerprint density at radius 2 is 2.36 bits per heavy atom. The third-order valence-electron chi connectivity index (χ3n) is 1.85. The van der Waals surface area contributed by atoms with Crippen molar-refractivity contribution in [2.24, 2.45) is 5.92 Å². The highest BCUT2D eigenvalue weighted by Gasteiger charge is 2.16. The SMILES string of the molecule is COCC1CC(C)=CC=C1F. The molecule has 0 saturated carbocycles. The number of halogens is 1. The molecule has 1 nitrogen and oxygen atoms in total. The molecule has 1 aliphatic carbocycles. The molecule has 1 rings (SSSR count). The van der Waals surface area contributed by atoms with Crippen LogP contribution in [0.2, 0.25) is 0 Å². The first kappa shape index (κ1) is 8.47. The fourth-order valence-electron chi connectivity index (χ4n) is 1.25. The number of rotatable bonds is 2. The summed E-state index contributed by atoms with van der Waals surface area (Å²) in [4.78, 5) is 0. The molecule has 0 N–H and O–H groups in total. The van der Waals surface area contributed by atoms with E-state index >= 15 is 0 Å². The van der Waals surface area contributed by atoms with E-state index < -0.39 is 0 Å². The van der Waals surface area contributed by atoms with Gasteiger partial charge in [0.1, 0.15) is 5.83 Å². The second-order valence-corrected chi connectivity index (χ2v) is 2.92. The highest BCUT2D eigenvalue weighted by molar-refractivity contribution is 5.21. The number of hydrogen-bond acceptors (Lipinski definition) is 1. The van der Waals surface area contributed by atoms with Crippen LogP contribution in [-0.4, -0.2) is 13.7 Å². The standard InChI is InChI=1S/C9H13FO/c1-7-3-4-9(10)8(5-7)6-11-2/h3-4,8H,5-6H2,1-2H3. The molecule has 0 spiro atoms. The van der Waals surface area contributed by atoms with Crippen LogP contribution in [0.15, 0.2) is 23.6 Å². The largest absolute Gasteiger partial charge is 0.384 e. The number of ether oxygens (including phenoxy) is 1. The smallest absolute Gasteiger partial charge is 0.106 e. The van der Waals surface area contributed by atoms with Gasteiger partial charge in [0.05, 0.1) is 6.61 Å². The summed E-state index contributed by atoms with van der Waals surface area (Å²) in [5.74, 6) is -0.109. The van der Waals surface area contributed by atoms with Crippen molar-refractivity contribution in [3.8, 4) is 0 Å². The molecule has 0 saturated heterocycles. The molecule has 0 aliphatic heterocycles. The van der Waals surface area contributed by atoms with Crippen LogP contribution < -0.4 is 0 Å². The van der Waals surface area contributed by atoms with Crippen molar-refractivity contribution < 1.29 is 9.13 Å². The fourth-order valence-corrected chi connectivity index (χ4v) is 1.25. The van der Waals surface area contributed by atoms with Gasteiger partial charge in [-0.05, 0) is 19.4 Å². The second-order valence-electron chi connectivity index (χ2n) is 2.92. The van der Waals surface area contributed by atoms with Crippen molar-refractivity contribution in [2.45, 2.75) is 13.3 Å². The van der Waals surface area contributed by atoms with Crippen LogP contribution in [0.3, 0.4) is 0 Å². The molecule has 0 aromatic rings. The first-order valence-electron chi connectivity index (χ1n) is 3.76. The van der Waals surface area contributed by atoms with Crippen molar-refractivity contribution in [2.75, 3.05) is 13.7 Å². The lowest BCUT2D eigenvalue weighted by atomic mass is 9.95. The molecule has 62 valence electrons. The van der Waals surface area contributed by atoms with E-state index in [9.17, 15) is 4.39 Å². The minimum Gasteiger partial charge on any atom is -0.384 e. The predicted octanol–water partition coefficient (Wildman–Crippen LogP) is 2.45. The molecule has 1 aliphatic rings. The minimum atomic E-state index is -0.0579. The van der Waals surface area contributed by atoms with Crippen LogP contribution in [0.5, 0.6) is 0 Å². The van der Waals surface area contributed by atoms with Gasteiger partial charge in [-0.3, -0.25) is 0 Å². The molecule has 1 atom stereocenters. The molecule has 2 heteroatoms. The maximum atomic E-state index is 12.9. The van der Waals surface area contributed by atoms with E-state index in [4.69, 9.17) is 4.74 Å². The van der Waals surface area contributed by atoms with E-state index in [0.29, 0.717) is 6.61 Å². The molecule has 0 aromatic carbocycles. The van der Waals surface area contributed by atoms with E-state index in [1.54, 1.807) is 7.11 Å². The quantitative estimate of drug-likeness (QED) is 0.596. The van der Waals surface area contributed by atoms with E-state index in [0.717, 1.165) is 6.42 Å². The lowest BCUT2D eigenvalue weighted by molar-refractivity contribution is 0.155. The lowest BCUT2D eigenvalue weighted by Crippen LogP contribution is -2.11. The molecule has 11 heavy (non-hydrogen) atoms. The van der Waals surface area contributed by atoms with Gasteiger partial charge in [-0.1, -0.05) is 11.6 Å². The Hall–Kier alpha value is -0.630. The molecule has 0 amide bonds. The zero-order valence-corrected chi connectivity index (χ0v) is 6.93. The van der Waals surface area contributed by atoms with E-state index in [1.165, 1.54) is 11.6 Å². The summed E-state index contributed by atoms with van der Waals surface area (Å²) in [5.41, 5.74) is 1.22. The number of allylic oxidation sites excluding steroid dienone is 3. The Morgan fingerprint density at radius 1 is 1.64 bits per heavy atom. The summed E-state index contributed by atoms with van der Waals surface area (Å²) >= 11 is 0. The molecule has 0 heterocycles. The fraction of sp³-hybridized carbons (Fsp3) is 0.556. The van der Waals surface area contributed by atoms with Crippen LogP contribution in [0.25, 0.3) is 0 Å². The molecule has 0 radical (unpaired) electrons. The third-order valence-corrected chi connectivity index (χ3v) is 1.85. The average molecular weight is 156 g/mol. The highest BCUT2D eigenvalue weighted by Crippen LogP contribution is 2.25. The van der Waals surface area contributed by atoms with Gasteiger partial charge in [0.15, 0.2) is 0 Å². The monoisotopic (exact) mass is 156 g/mol. The minimum absolute atomic E-state index is 0.0509. The topological polar surface area (TPSA) is 9.23 Å². The average Bonchev–Trinajstić information content (AvgIpc) is 1.98. The van der Waals surface area contributed by atoms with Crippen molar-refractivity contribution in [3.05, 3.63) is 23.6 Å². The Balaban J connectivity index is 2.58. The van der Waals surface area contributed by atoms with Crippen molar-refractivity contribution >= 4 is 0 Å². The van der Waals surface area contributed by atoms with E-state index in [1.807, 2.05) is 13.0 Å². The van der Waals surface area contributed by atoms with E-state index in [-0.39, 0.29) is 11.7 Å². The second kappa shape index (κ2) is 3.67. The van der Waals surface area contributed by atoms with Crippen LogP contribution in [0.4, 0.5) is 4.39 Å². The first-order valence-corrected chi connectivity index (χ1v) is 3.76. The maximum Gasteiger partial charge on any atom is 0.106 e. The van der Waals surface area contributed by atoms with Gasteiger partial charge in [-0.2, -0.15) is 0 Å². The van der Waals surface area contributed by atoms with Crippen molar-refractivity contribution in [1.82, 2.24) is 0 Å². The highest BCUT2D eigenvalue weighted by atomic mass is 19.1. The maximum absolute atomic E-state index is 12.9. The molecule has 0 bridgehead atoms. The van der Waals surface area contributed by atoms with Crippen LogP contribution in [0.1, 0.15) is 13.3 Å². The van der Waals surface area contributed by atoms with Crippen LogP contribution >= 0.6 is 0 Å². The first-order chi connectivity index (χ1) is 5.24. The van der Waals surface area contributed by atoms with E-state index in [2.05, 4.69) is 0 Å². The Morgan fingerprint density at radius 3 is 3.00 bits per heavy atom. The Kier molecular flexibility index (Phi) is 2.83. The summed E-state index contributed by atoms with van der Waals surface area (Å²) < 4.78 is 17.8. The Labute approximate surface area is 66.6 Å². The zero-order valence-electron chi connectivity index (χ0n) is 6.93. The number of hydrogen-bond donors (Lipinski definition) is 0. The van der Waals surface area contributed by atoms with Gasteiger partial charge in [-0.25, -0.2) is 4.39 Å². The van der Waals surface area contributed by atoms with Gasteiger partial charge in [-0.15, -0.1) is 0 Å². The molecule has 0 fully saturated rings. The molecule has 0 aromatic heterocycles. The van der Waals surface area contributed by atoms with Crippen LogP contribution in [0, 0.1) is 5.92 Å². The Bertz CT molecular complexity index is 194. The summed E-state index contributed by atoms with van der Waals surface area (Å²) in [6, 6.07) is 0. The number of methoxy groups -OCH3 is 1. The molecular weight excluding hydrogens is 143 g/mol. The third kappa shape index (κ3) is 2.15. The van der Waals surface area contributed by atoms with Gasteiger partial charge in [0, 0.05) is 13.0 Å². The summed E-state index contributed by atoms with van der Waals surface area (Å²) in [6.07, 6.45) is 4.14. The lowest BCUT2D eigenvalue weighted by Gasteiger charge is -2.17. The van der Waals surface area contributed by atoms with Crippen LogP contribution in [-0.2, 0) is 4.74 Å². The summed E-state index contributed by atoms with van der Waals surface area (Å²) in [7, 11) is 1.60. The predicted molar refractivity (Wildman–Crippen MR) is 42.9 cm³/mol. The van der Waals surface area contributed by atoms with Gasteiger partial charge in [0.2, 0.25) is 0 Å². The van der Waals surface area contributed by atoms with Gasteiger partial charge in [0.25, 0.3) is 0 Å². The zero-order chi connectivity index (χ0) is 8.27. The van der Waals surface area contributed by atoms with Gasteiger partial charge >= 0.3 is 0 Å². The van der Waals surface area contributed by atoms with Crippen molar-refractivity contribution in [3.63, 3.8) is 0 Å². The summed E-state index contributed by atoms with van der Waals surface area (Å²) in [6.45, 7) is 2.49. The van der Waals surface area contributed by atoms with Gasteiger partial charge < -0.3 is 4.74 Å². The normalized spacial score (nSPS) is 24.5. The molecule has 1 unspecified atom stereocenters. The summed E-state index contributed by atoms with van der Waals surface area (Å²) in [5, 5.41) is 0. The molecular formula is C9H13FO.